The summed E-state index contributed by atoms with van der Waals surface area (Å²) in [5, 5.41) is 8.49. The van der Waals surface area contributed by atoms with Gasteiger partial charge in [-0.05, 0) is 59.2 Å². The first-order chi connectivity index (χ1) is 7.50. The summed E-state index contributed by atoms with van der Waals surface area (Å²) in [5.41, 5.74) is 1.93. The first-order valence-corrected chi connectivity index (χ1v) is 7.66. The Bertz CT molecular complexity index is 514. The van der Waals surface area contributed by atoms with Crippen LogP contribution in [0.25, 0.3) is 0 Å². The van der Waals surface area contributed by atoms with Gasteiger partial charge in [-0.3, -0.25) is 0 Å². The summed E-state index contributed by atoms with van der Waals surface area (Å²) < 4.78 is 23.9. The molecular formula is C10H13IN2O2S. The van der Waals surface area contributed by atoms with Crippen molar-refractivity contribution in [2.75, 3.05) is 6.54 Å². The lowest BCUT2D eigenvalue weighted by Crippen LogP contribution is -2.20. The lowest BCUT2D eigenvalue weighted by Gasteiger charge is -2.12. The van der Waals surface area contributed by atoms with Crippen molar-refractivity contribution in [3.8, 4) is 0 Å². The molecule has 0 atom stereocenters. The standard InChI is InChI=1S/C10H13IN2O2S/c11-9-4-3-7-2-1-5-13-6-8(7)10(9)16(12,14)15/h3-4,13H,1-2,5-6H2,(H2,12,14,15). The molecule has 0 fully saturated rings. The molecule has 1 aliphatic heterocycles. The van der Waals surface area contributed by atoms with Crippen molar-refractivity contribution in [1.29, 1.82) is 0 Å². The fourth-order valence-corrected chi connectivity index (χ4v) is 4.31. The quantitative estimate of drug-likeness (QED) is 0.740. The molecule has 16 heavy (non-hydrogen) atoms. The Morgan fingerprint density at radius 1 is 1.38 bits per heavy atom. The van der Waals surface area contributed by atoms with Gasteiger partial charge in [-0.15, -0.1) is 0 Å². The highest BCUT2D eigenvalue weighted by Gasteiger charge is 2.21. The largest absolute Gasteiger partial charge is 0.313 e. The van der Waals surface area contributed by atoms with E-state index in [1.54, 1.807) is 0 Å². The average molecular weight is 352 g/mol. The number of sulfonamides is 1. The Kier molecular flexibility index (Phi) is 3.53. The normalized spacial score (nSPS) is 16.6. The van der Waals surface area contributed by atoms with E-state index in [0.717, 1.165) is 30.5 Å². The van der Waals surface area contributed by atoms with E-state index < -0.39 is 10.0 Å². The Balaban J connectivity index is 2.67. The zero-order valence-electron chi connectivity index (χ0n) is 8.66. The number of aryl methyl sites for hydroxylation is 1. The molecule has 0 saturated heterocycles. The maximum atomic E-state index is 11.6. The molecule has 0 aromatic heterocycles. The van der Waals surface area contributed by atoms with E-state index in [-0.39, 0.29) is 0 Å². The van der Waals surface area contributed by atoms with Crippen LogP contribution in [0.2, 0.25) is 0 Å². The number of rotatable bonds is 1. The van der Waals surface area contributed by atoms with Crippen LogP contribution in [0, 0.1) is 3.57 Å². The molecule has 1 aromatic carbocycles. The van der Waals surface area contributed by atoms with Crippen LogP contribution in [0.15, 0.2) is 17.0 Å². The molecule has 1 heterocycles. The molecule has 88 valence electrons. The third kappa shape index (κ3) is 2.39. The monoisotopic (exact) mass is 352 g/mol. The summed E-state index contributed by atoms with van der Waals surface area (Å²) in [7, 11) is -3.64. The summed E-state index contributed by atoms with van der Waals surface area (Å²) in [4.78, 5) is 0.292. The van der Waals surface area contributed by atoms with Gasteiger partial charge in [0.15, 0.2) is 0 Å². The van der Waals surface area contributed by atoms with Gasteiger partial charge in [0.2, 0.25) is 10.0 Å². The second-order valence-corrected chi connectivity index (χ2v) is 6.50. The molecule has 4 nitrogen and oxygen atoms in total. The smallest absolute Gasteiger partial charge is 0.239 e. The van der Waals surface area contributed by atoms with Crippen LogP contribution in [0.4, 0.5) is 0 Å². The highest BCUT2D eigenvalue weighted by atomic mass is 127. The molecule has 1 aromatic rings. The van der Waals surface area contributed by atoms with Crippen LogP contribution in [0.1, 0.15) is 17.5 Å². The van der Waals surface area contributed by atoms with Gasteiger partial charge in [0, 0.05) is 10.1 Å². The van der Waals surface area contributed by atoms with Crippen LogP contribution in [0.5, 0.6) is 0 Å². The fraction of sp³-hybridized carbons (Fsp3) is 0.400. The molecule has 0 amide bonds. The maximum Gasteiger partial charge on any atom is 0.239 e. The van der Waals surface area contributed by atoms with E-state index in [1.165, 1.54) is 0 Å². The first kappa shape index (κ1) is 12.3. The predicted molar refractivity (Wildman–Crippen MR) is 70.6 cm³/mol. The van der Waals surface area contributed by atoms with Gasteiger partial charge in [-0.2, -0.15) is 0 Å². The number of nitrogens with two attached hydrogens (primary N) is 1. The van der Waals surface area contributed by atoms with Gasteiger partial charge >= 0.3 is 0 Å². The van der Waals surface area contributed by atoms with Crippen LogP contribution >= 0.6 is 22.6 Å². The third-order valence-corrected chi connectivity index (χ3v) is 5.00. The minimum atomic E-state index is -3.64. The molecule has 6 heteroatoms. The van der Waals surface area contributed by atoms with E-state index in [1.807, 2.05) is 34.7 Å². The summed E-state index contributed by atoms with van der Waals surface area (Å²) in [6, 6.07) is 3.82. The molecule has 3 N–H and O–H groups in total. The number of nitrogens with one attached hydrogen (secondary N) is 1. The van der Waals surface area contributed by atoms with Crippen molar-refractivity contribution in [2.45, 2.75) is 24.3 Å². The van der Waals surface area contributed by atoms with Gasteiger partial charge in [-0.25, -0.2) is 13.6 Å². The Labute approximate surface area is 109 Å². The number of fused-ring (bicyclic) bond motifs is 1. The zero-order chi connectivity index (χ0) is 11.8. The number of halogens is 1. The summed E-state index contributed by atoms with van der Waals surface area (Å²) in [5.74, 6) is 0. The molecule has 0 spiro atoms. The minimum absolute atomic E-state index is 0.292. The Hall–Kier alpha value is -0.180. The molecule has 0 unspecified atom stereocenters. The van der Waals surface area contributed by atoms with Crippen LogP contribution < -0.4 is 10.5 Å². The second kappa shape index (κ2) is 4.59. The summed E-state index contributed by atoms with van der Waals surface area (Å²) in [6.07, 6.45) is 1.93. The maximum absolute atomic E-state index is 11.6. The van der Waals surface area contributed by atoms with Gasteiger partial charge < -0.3 is 5.32 Å². The highest BCUT2D eigenvalue weighted by Crippen LogP contribution is 2.26. The van der Waals surface area contributed by atoms with Crippen molar-refractivity contribution in [3.63, 3.8) is 0 Å². The van der Waals surface area contributed by atoms with E-state index >= 15 is 0 Å². The van der Waals surface area contributed by atoms with E-state index in [9.17, 15) is 8.42 Å². The van der Waals surface area contributed by atoms with Gasteiger partial charge in [0.25, 0.3) is 0 Å². The number of hydrogen-bond donors (Lipinski definition) is 2. The highest BCUT2D eigenvalue weighted by molar-refractivity contribution is 14.1. The molecule has 0 aliphatic carbocycles. The van der Waals surface area contributed by atoms with Gasteiger partial charge in [0.05, 0.1) is 4.90 Å². The summed E-state index contributed by atoms with van der Waals surface area (Å²) in [6.45, 7) is 1.49. The van der Waals surface area contributed by atoms with Crippen molar-refractivity contribution in [3.05, 3.63) is 26.8 Å². The zero-order valence-corrected chi connectivity index (χ0v) is 11.6. The van der Waals surface area contributed by atoms with Gasteiger partial charge in [0.1, 0.15) is 0 Å². The van der Waals surface area contributed by atoms with Crippen molar-refractivity contribution < 1.29 is 8.42 Å². The lowest BCUT2D eigenvalue weighted by atomic mass is 10.0. The molecule has 1 aliphatic rings. The third-order valence-electron chi connectivity index (χ3n) is 2.70. The molecule has 0 radical (unpaired) electrons. The number of primary sulfonamides is 1. The molecule has 0 saturated carbocycles. The molecule has 2 rings (SSSR count). The average Bonchev–Trinajstić information content (AvgIpc) is 2.40. The Morgan fingerprint density at radius 3 is 2.81 bits per heavy atom. The van der Waals surface area contributed by atoms with E-state index in [2.05, 4.69) is 5.32 Å². The molecule has 0 bridgehead atoms. The molecular weight excluding hydrogens is 339 g/mol. The van der Waals surface area contributed by atoms with Crippen LogP contribution in [-0.4, -0.2) is 15.0 Å². The topological polar surface area (TPSA) is 72.2 Å². The number of benzene rings is 1. The van der Waals surface area contributed by atoms with E-state index in [4.69, 9.17) is 5.14 Å². The van der Waals surface area contributed by atoms with Crippen LogP contribution in [0.3, 0.4) is 0 Å². The summed E-state index contributed by atoms with van der Waals surface area (Å²) >= 11 is 2.02. The Morgan fingerprint density at radius 2 is 2.12 bits per heavy atom. The minimum Gasteiger partial charge on any atom is -0.313 e. The van der Waals surface area contributed by atoms with E-state index in [0.29, 0.717) is 15.0 Å². The van der Waals surface area contributed by atoms with Gasteiger partial charge in [-0.1, -0.05) is 6.07 Å². The number of hydrogen-bond acceptors (Lipinski definition) is 3. The van der Waals surface area contributed by atoms with Crippen LogP contribution in [-0.2, 0) is 23.0 Å². The predicted octanol–water partition coefficient (Wildman–Crippen LogP) is 0.974. The first-order valence-electron chi connectivity index (χ1n) is 5.04. The van der Waals surface area contributed by atoms with Crippen molar-refractivity contribution in [2.24, 2.45) is 5.14 Å². The fourth-order valence-electron chi connectivity index (χ4n) is 1.99. The lowest BCUT2D eigenvalue weighted by molar-refractivity contribution is 0.594. The second-order valence-electron chi connectivity index (χ2n) is 3.84. The van der Waals surface area contributed by atoms with Crippen molar-refractivity contribution >= 4 is 32.6 Å². The van der Waals surface area contributed by atoms with Crippen molar-refractivity contribution in [1.82, 2.24) is 5.32 Å². The SMILES string of the molecule is NS(=O)(=O)c1c(I)ccc2c1CNCCC2.